The molecule has 1 N–H and O–H groups in total. The van der Waals surface area contributed by atoms with Crippen LogP contribution in [0.15, 0.2) is 36.2 Å². The Balaban J connectivity index is 2.12. The van der Waals surface area contributed by atoms with E-state index < -0.39 is 0 Å². The smallest absolute Gasteiger partial charge is 0.307 e. The van der Waals surface area contributed by atoms with E-state index >= 15 is 0 Å². The number of hydrogen-bond acceptors (Lipinski definition) is 4. The van der Waals surface area contributed by atoms with Crippen molar-refractivity contribution >= 4 is 5.97 Å². The lowest BCUT2D eigenvalue weighted by atomic mass is 10.0. The Hall–Kier alpha value is -1.55. The third kappa shape index (κ3) is 3.96. The van der Waals surface area contributed by atoms with Crippen molar-refractivity contribution in [3.05, 3.63) is 36.2 Å². The summed E-state index contributed by atoms with van der Waals surface area (Å²) in [6, 6.07) is 0.0835. The number of esters is 1. The summed E-state index contributed by atoms with van der Waals surface area (Å²) in [6.07, 6.45) is 14.0. The molecule has 1 unspecified atom stereocenters. The number of ether oxygens (including phenoxy) is 1. The number of likely N-dealkylation sites (tertiary alicyclic amines) is 1. The second-order valence-corrected chi connectivity index (χ2v) is 4.90. The summed E-state index contributed by atoms with van der Waals surface area (Å²) in [7, 11) is 1.45. The van der Waals surface area contributed by atoms with Crippen LogP contribution < -0.4 is 5.32 Å². The molecule has 0 amide bonds. The molecule has 19 heavy (non-hydrogen) atoms. The van der Waals surface area contributed by atoms with Crippen molar-refractivity contribution in [2.75, 3.05) is 20.2 Å². The van der Waals surface area contributed by atoms with Crippen molar-refractivity contribution in [3.8, 4) is 0 Å². The number of allylic oxidation sites excluding steroid dienone is 4. The predicted molar refractivity (Wildman–Crippen MR) is 75.3 cm³/mol. The van der Waals surface area contributed by atoms with Crippen LogP contribution in [-0.2, 0) is 9.53 Å². The summed E-state index contributed by atoms with van der Waals surface area (Å²) in [6.45, 7) is 2.10. The molecule has 2 aliphatic heterocycles. The van der Waals surface area contributed by atoms with Gasteiger partial charge in [-0.2, -0.15) is 0 Å². The molecule has 0 aliphatic carbocycles. The first-order valence-electron chi connectivity index (χ1n) is 6.92. The lowest BCUT2D eigenvalue weighted by molar-refractivity contribution is -0.141. The summed E-state index contributed by atoms with van der Waals surface area (Å²) < 4.78 is 4.84. The van der Waals surface area contributed by atoms with Gasteiger partial charge in [0.2, 0.25) is 0 Å². The monoisotopic (exact) mass is 262 g/mol. The van der Waals surface area contributed by atoms with E-state index in [0.29, 0.717) is 6.42 Å². The predicted octanol–water partition coefficient (Wildman–Crippen LogP) is 1.96. The van der Waals surface area contributed by atoms with Crippen LogP contribution in [0.4, 0.5) is 0 Å². The maximum Gasteiger partial charge on any atom is 0.307 e. The molecule has 1 saturated heterocycles. The largest absolute Gasteiger partial charge is 0.469 e. The Morgan fingerprint density at radius 1 is 1.32 bits per heavy atom. The van der Waals surface area contributed by atoms with Gasteiger partial charge in [0.1, 0.15) is 0 Å². The minimum Gasteiger partial charge on any atom is -0.469 e. The van der Waals surface area contributed by atoms with E-state index in [1.165, 1.54) is 26.4 Å². The molecule has 4 nitrogen and oxygen atoms in total. The van der Waals surface area contributed by atoms with Crippen molar-refractivity contribution in [2.24, 2.45) is 0 Å². The number of carbonyl (C=O) groups excluding carboxylic acids is 1. The van der Waals surface area contributed by atoms with Gasteiger partial charge in [-0.25, -0.2) is 0 Å². The van der Waals surface area contributed by atoms with Crippen molar-refractivity contribution in [1.82, 2.24) is 10.2 Å². The van der Waals surface area contributed by atoms with Crippen LogP contribution in [0.2, 0.25) is 0 Å². The Bertz CT molecular complexity index is 393. The fourth-order valence-corrected chi connectivity index (χ4v) is 2.59. The van der Waals surface area contributed by atoms with E-state index in [9.17, 15) is 4.79 Å². The molecule has 0 aromatic rings. The first-order chi connectivity index (χ1) is 9.31. The molecule has 4 heteroatoms. The van der Waals surface area contributed by atoms with Crippen LogP contribution >= 0.6 is 0 Å². The van der Waals surface area contributed by atoms with Gasteiger partial charge in [0.05, 0.1) is 19.6 Å². The first-order valence-corrected chi connectivity index (χ1v) is 6.92. The molecular formula is C15H22N2O2. The maximum atomic E-state index is 11.7. The Morgan fingerprint density at radius 2 is 2.11 bits per heavy atom. The molecule has 0 radical (unpaired) electrons. The first kappa shape index (κ1) is 13.9. The molecular weight excluding hydrogens is 240 g/mol. The van der Waals surface area contributed by atoms with Gasteiger partial charge in [-0.15, -0.1) is 0 Å². The normalized spacial score (nSPS) is 21.2. The number of nitrogens with one attached hydrogen (secondary N) is 1. The van der Waals surface area contributed by atoms with Gasteiger partial charge in [-0.05, 0) is 38.1 Å². The van der Waals surface area contributed by atoms with Gasteiger partial charge in [0, 0.05) is 11.9 Å². The fraction of sp³-hybridized carbons (Fsp3) is 0.533. The standard InChI is InChI=1S/C15H22N2O2/c1-19-15(18)12-14(17-10-6-3-7-11-17)13-8-4-2-5-9-16-13/h2,4-5,8-9,14,16H,3,6-7,10-12H2,1H3. The lowest BCUT2D eigenvalue weighted by Crippen LogP contribution is -2.44. The molecule has 0 aromatic carbocycles. The molecule has 0 aromatic heterocycles. The Kier molecular flexibility index (Phi) is 5.21. The van der Waals surface area contributed by atoms with Crippen molar-refractivity contribution in [3.63, 3.8) is 0 Å². The van der Waals surface area contributed by atoms with E-state index in [1.54, 1.807) is 0 Å². The SMILES string of the molecule is COC(=O)CC(C1=CC=CC=CN1)N1CCCCC1. The zero-order chi connectivity index (χ0) is 13.5. The fourth-order valence-electron chi connectivity index (χ4n) is 2.59. The van der Waals surface area contributed by atoms with Crippen LogP contribution in [0.25, 0.3) is 0 Å². The topological polar surface area (TPSA) is 41.6 Å². The van der Waals surface area contributed by atoms with E-state index in [0.717, 1.165) is 18.8 Å². The molecule has 2 heterocycles. The number of carbonyl (C=O) groups is 1. The molecule has 0 spiro atoms. The highest BCUT2D eigenvalue weighted by Gasteiger charge is 2.26. The van der Waals surface area contributed by atoms with Crippen molar-refractivity contribution < 1.29 is 9.53 Å². The van der Waals surface area contributed by atoms with Gasteiger partial charge in [-0.3, -0.25) is 9.69 Å². The molecule has 1 atom stereocenters. The molecule has 104 valence electrons. The molecule has 2 aliphatic rings. The Labute approximate surface area is 114 Å². The van der Waals surface area contributed by atoms with Gasteiger partial charge in [0.25, 0.3) is 0 Å². The zero-order valence-electron chi connectivity index (χ0n) is 11.5. The number of hydrogen-bond donors (Lipinski definition) is 1. The number of nitrogens with zero attached hydrogens (tertiary/aromatic N) is 1. The van der Waals surface area contributed by atoms with E-state index in [1.807, 2.05) is 30.5 Å². The average Bonchev–Trinajstić information content (AvgIpc) is 2.74. The minimum atomic E-state index is -0.157. The Morgan fingerprint density at radius 3 is 2.84 bits per heavy atom. The number of methoxy groups -OCH3 is 1. The minimum absolute atomic E-state index is 0.0835. The number of rotatable bonds is 4. The van der Waals surface area contributed by atoms with Gasteiger partial charge in [0.15, 0.2) is 0 Å². The maximum absolute atomic E-state index is 11.7. The van der Waals surface area contributed by atoms with Gasteiger partial charge < -0.3 is 10.1 Å². The van der Waals surface area contributed by atoms with E-state index in [-0.39, 0.29) is 12.0 Å². The number of piperidine rings is 1. The van der Waals surface area contributed by atoms with Crippen LogP contribution in [0.1, 0.15) is 25.7 Å². The third-order valence-electron chi connectivity index (χ3n) is 3.62. The quantitative estimate of drug-likeness (QED) is 0.786. The van der Waals surface area contributed by atoms with Crippen LogP contribution in [0, 0.1) is 0 Å². The second kappa shape index (κ2) is 7.14. The molecule has 2 rings (SSSR count). The summed E-state index contributed by atoms with van der Waals surface area (Å²) >= 11 is 0. The van der Waals surface area contributed by atoms with Crippen molar-refractivity contribution in [2.45, 2.75) is 31.7 Å². The second-order valence-electron chi connectivity index (χ2n) is 4.90. The average molecular weight is 262 g/mol. The van der Waals surface area contributed by atoms with Gasteiger partial charge >= 0.3 is 5.97 Å². The lowest BCUT2D eigenvalue weighted by Gasteiger charge is -2.35. The van der Waals surface area contributed by atoms with Crippen LogP contribution in [0.5, 0.6) is 0 Å². The third-order valence-corrected chi connectivity index (χ3v) is 3.62. The highest BCUT2D eigenvalue weighted by atomic mass is 16.5. The summed E-state index contributed by atoms with van der Waals surface area (Å²) in [5, 5.41) is 3.28. The van der Waals surface area contributed by atoms with E-state index in [4.69, 9.17) is 4.74 Å². The summed E-state index contributed by atoms with van der Waals surface area (Å²) in [4.78, 5) is 14.0. The van der Waals surface area contributed by atoms with E-state index in [2.05, 4.69) is 10.2 Å². The zero-order valence-corrected chi connectivity index (χ0v) is 11.5. The molecule has 1 fully saturated rings. The van der Waals surface area contributed by atoms with Crippen LogP contribution in [-0.4, -0.2) is 37.1 Å². The molecule has 0 bridgehead atoms. The van der Waals surface area contributed by atoms with Gasteiger partial charge in [-0.1, -0.05) is 18.6 Å². The highest BCUT2D eigenvalue weighted by molar-refractivity contribution is 5.70. The highest BCUT2D eigenvalue weighted by Crippen LogP contribution is 2.20. The molecule has 0 saturated carbocycles. The summed E-state index contributed by atoms with van der Waals surface area (Å²) in [5.41, 5.74) is 1.07. The van der Waals surface area contributed by atoms with Crippen LogP contribution in [0.3, 0.4) is 0 Å². The van der Waals surface area contributed by atoms with Crippen molar-refractivity contribution in [1.29, 1.82) is 0 Å². The summed E-state index contributed by atoms with van der Waals surface area (Å²) in [5.74, 6) is -0.157.